The van der Waals surface area contributed by atoms with Gasteiger partial charge in [0.25, 0.3) is 0 Å². The van der Waals surface area contributed by atoms with Crippen LogP contribution in [0.4, 0.5) is 0 Å². The first-order chi connectivity index (χ1) is 10.2. The van der Waals surface area contributed by atoms with Crippen molar-refractivity contribution >= 4 is 0 Å². The van der Waals surface area contributed by atoms with E-state index in [1.807, 2.05) is 0 Å². The van der Waals surface area contributed by atoms with Gasteiger partial charge in [0.2, 0.25) is 0 Å². The molecule has 0 aromatic heterocycles. The summed E-state index contributed by atoms with van der Waals surface area (Å²) in [7, 11) is 0. The molecule has 0 aliphatic heterocycles. The van der Waals surface area contributed by atoms with Gasteiger partial charge >= 0.3 is 138 Å². The van der Waals surface area contributed by atoms with Crippen LogP contribution in [0, 0.1) is 0 Å². The Morgan fingerprint density at radius 3 is 1.62 bits per heavy atom. The Kier molecular flexibility index (Phi) is 6.64. The van der Waals surface area contributed by atoms with E-state index in [9.17, 15) is 0 Å². The molecule has 0 unspecified atom stereocenters. The van der Waals surface area contributed by atoms with Gasteiger partial charge in [-0.25, -0.2) is 0 Å². The second kappa shape index (κ2) is 8.25. The Hall–Kier alpha value is -0.456. The summed E-state index contributed by atoms with van der Waals surface area (Å²) in [6.45, 7) is 9.32. The van der Waals surface area contributed by atoms with Crippen molar-refractivity contribution in [2.75, 3.05) is 0 Å². The predicted octanol–water partition coefficient (Wildman–Crippen LogP) is 6.66. The second-order valence-electron chi connectivity index (χ2n) is 6.44. The summed E-state index contributed by atoms with van der Waals surface area (Å²) in [4.78, 5) is 0. The van der Waals surface area contributed by atoms with Gasteiger partial charge in [0, 0.05) is 0 Å². The van der Waals surface area contributed by atoms with Crippen LogP contribution in [0.1, 0.15) is 79.1 Å². The SMILES string of the molecule is CCCCC1=CCC(C)=[C]1[V][C]1=C(C)CC=C1CCCC. The number of unbranched alkanes of at least 4 members (excludes halogenated alkanes) is 2. The van der Waals surface area contributed by atoms with E-state index in [4.69, 9.17) is 0 Å². The molecule has 2 aliphatic carbocycles. The number of hydrogen-bond donors (Lipinski definition) is 0. The van der Waals surface area contributed by atoms with E-state index in [0.717, 1.165) is 0 Å². The molecule has 0 aromatic rings. The summed E-state index contributed by atoms with van der Waals surface area (Å²) in [5.41, 5.74) is 6.69. The standard InChI is InChI=1S/2C10H15.V/c2*1-3-4-5-10-7-6-9(2)8-10;/h2*7H,3-6H2,1-2H3;. The molecule has 0 saturated heterocycles. The van der Waals surface area contributed by atoms with Gasteiger partial charge in [0.15, 0.2) is 0 Å². The Labute approximate surface area is 138 Å². The fraction of sp³-hybridized carbons (Fsp3) is 0.600. The molecule has 0 heterocycles. The van der Waals surface area contributed by atoms with E-state index in [1.54, 1.807) is 30.9 Å². The van der Waals surface area contributed by atoms with Crippen molar-refractivity contribution in [3.63, 3.8) is 0 Å². The van der Waals surface area contributed by atoms with E-state index in [1.165, 1.54) is 51.4 Å². The normalized spacial score (nSPS) is 18.5. The third kappa shape index (κ3) is 4.27. The number of rotatable bonds is 8. The summed E-state index contributed by atoms with van der Waals surface area (Å²) in [6.07, 6.45) is 15.4. The number of allylic oxidation sites excluding steroid dienone is 8. The van der Waals surface area contributed by atoms with Crippen molar-refractivity contribution in [1.29, 1.82) is 0 Å². The summed E-state index contributed by atoms with van der Waals surface area (Å²) < 4.78 is 3.52. The Bertz CT molecular complexity index is 454. The minimum atomic E-state index is 0.214. The van der Waals surface area contributed by atoms with Crippen molar-refractivity contribution in [3.8, 4) is 0 Å². The van der Waals surface area contributed by atoms with Gasteiger partial charge in [-0.1, -0.05) is 0 Å². The molecule has 0 amide bonds. The van der Waals surface area contributed by atoms with Crippen molar-refractivity contribution < 1.29 is 16.3 Å². The zero-order valence-corrected chi connectivity index (χ0v) is 15.7. The van der Waals surface area contributed by atoms with Gasteiger partial charge < -0.3 is 0 Å². The molecule has 115 valence electrons. The molecule has 2 rings (SSSR count). The van der Waals surface area contributed by atoms with Gasteiger partial charge in [0.1, 0.15) is 0 Å². The molecule has 0 fully saturated rings. The molecule has 0 saturated carbocycles. The third-order valence-electron chi connectivity index (χ3n) is 4.55. The molecule has 0 N–H and O–H groups in total. The zero-order valence-electron chi connectivity index (χ0n) is 14.3. The molecule has 0 radical (unpaired) electrons. The van der Waals surface area contributed by atoms with Crippen molar-refractivity contribution in [2.24, 2.45) is 0 Å². The van der Waals surface area contributed by atoms with Crippen LogP contribution in [-0.4, -0.2) is 0 Å². The van der Waals surface area contributed by atoms with Gasteiger partial charge in [-0.05, 0) is 0 Å². The Morgan fingerprint density at radius 1 is 0.810 bits per heavy atom. The molecule has 0 nitrogen and oxygen atoms in total. The van der Waals surface area contributed by atoms with E-state index in [0.29, 0.717) is 0 Å². The second-order valence-corrected chi connectivity index (χ2v) is 8.19. The molecule has 0 spiro atoms. The first-order valence-corrected chi connectivity index (χ1v) is 10.1. The Balaban J connectivity index is 2.09. The van der Waals surface area contributed by atoms with Gasteiger partial charge in [0.05, 0.1) is 0 Å². The molecule has 0 atom stereocenters. The first-order valence-electron chi connectivity index (χ1n) is 8.67. The van der Waals surface area contributed by atoms with Crippen LogP contribution in [0.3, 0.4) is 0 Å². The molecule has 2 aliphatic rings. The van der Waals surface area contributed by atoms with Gasteiger partial charge in [-0.2, -0.15) is 0 Å². The van der Waals surface area contributed by atoms with Crippen LogP contribution in [0.5, 0.6) is 0 Å². The molecule has 1 heteroatoms. The molecule has 0 bridgehead atoms. The van der Waals surface area contributed by atoms with E-state index in [2.05, 4.69) is 39.8 Å². The van der Waals surface area contributed by atoms with Crippen molar-refractivity contribution in [3.05, 3.63) is 43.0 Å². The summed E-state index contributed by atoms with van der Waals surface area (Å²) in [5.74, 6) is 0. The monoisotopic (exact) mass is 321 g/mol. The number of hydrogen-bond acceptors (Lipinski definition) is 0. The van der Waals surface area contributed by atoms with E-state index in [-0.39, 0.29) is 16.3 Å². The Morgan fingerprint density at radius 2 is 1.24 bits per heavy atom. The van der Waals surface area contributed by atoms with Crippen molar-refractivity contribution in [1.82, 2.24) is 0 Å². The van der Waals surface area contributed by atoms with Crippen LogP contribution in [0.15, 0.2) is 43.0 Å². The van der Waals surface area contributed by atoms with Crippen LogP contribution in [0.2, 0.25) is 0 Å². The third-order valence-corrected chi connectivity index (χ3v) is 7.34. The van der Waals surface area contributed by atoms with Crippen LogP contribution < -0.4 is 0 Å². The van der Waals surface area contributed by atoms with Crippen LogP contribution >= 0.6 is 0 Å². The van der Waals surface area contributed by atoms with Crippen molar-refractivity contribution in [2.45, 2.75) is 79.1 Å². The predicted molar refractivity (Wildman–Crippen MR) is 89.9 cm³/mol. The van der Waals surface area contributed by atoms with E-state index >= 15 is 0 Å². The fourth-order valence-corrected chi connectivity index (χ4v) is 5.42. The molecular formula is C20H30V. The van der Waals surface area contributed by atoms with Crippen LogP contribution in [-0.2, 0) is 16.3 Å². The average molecular weight is 321 g/mol. The quantitative estimate of drug-likeness (QED) is 0.469. The topological polar surface area (TPSA) is 0 Å². The molecular weight excluding hydrogens is 291 g/mol. The van der Waals surface area contributed by atoms with Gasteiger partial charge in [-0.15, -0.1) is 0 Å². The average Bonchev–Trinajstić information content (AvgIpc) is 3.00. The molecule has 0 aromatic carbocycles. The fourth-order valence-electron chi connectivity index (χ4n) is 3.11. The molecule has 21 heavy (non-hydrogen) atoms. The van der Waals surface area contributed by atoms with E-state index < -0.39 is 0 Å². The maximum atomic E-state index is 2.51. The van der Waals surface area contributed by atoms with Crippen LogP contribution in [0.25, 0.3) is 0 Å². The zero-order chi connectivity index (χ0) is 15.2. The first kappa shape index (κ1) is 16.9. The minimum absolute atomic E-state index is 0.214. The summed E-state index contributed by atoms with van der Waals surface area (Å²) in [6, 6.07) is 0. The van der Waals surface area contributed by atoms with Gasteiger partial charge in [-0.3, -0.25) is 0 Å². The summed E-state index contributed by atoms with van der Waals surface area (Å²) in [5, 5.41) is 0. The maximum absolute atomic E-state index is 2.51. The summed E-state index contributed by atoms with van der Waals surface area (Å²) >= 11 is 0.214.